The number of rotatable bonds is 3. The Balaban J connectivity index is 4.18. The maximum atomic E-state index is 10.5. The highest BCUT2D eigenvalue weighted by atomic mass is 16.6. The van der Waals surface area contributed by atoms with E-state index in [2.05, 4.69) is 9.47 Å². The van der Waals surface area contributed by atoms with Crippen LogP contribution in [0.4, 0.5) is 0 Å². The van der Waals surface area contributed by atoms with Gasteiger partial charge in [-0.05, 0) is 0 Å². The zero-order chi connectivity index (χ0) is 9.72. The topological polar surface area (TPSA) is 93.1 Å². The molecule has 0 bridgehead atoms. The summed E-state index contributed by atoms with van der Waals surface area (Å²) in [4.78, 5) is 21.1. The molecule has 0 fully saturated rings. The second kappa shape index (κ2) is 4.68. The third-order valence-corrected chi connectivity index (χ3v) is 1.18. The molecule has 0 saturated heterocycles. The Labute approximate surface area is 68.7 Å². The molecule has 0 saturated carbocycles. The minimum absolute atomic E-state index is 1.02. The van der Waals surface area contributed by atoms with Crippen LogP contribution in [0.15, 0.2) is 0 Å². The lowest BCUT2D eigenvalue weighted by Crippen LogP contribution is -2.40. The van der Waals surface area contributed by atoms with E-state index in [1.54, 1.807) is 0 Å². The number of hydrogen-bond donors (Lipinski definition) is 2. The summed E-state index contributed by atoms with van der Waals surface area (Å²) in [5.74, 6) is -2.18. The van der Waals surface area contributed by atoms with Gasteiger partial charge in [0.1, 0.15) is 0 Å². The Kier molecular flexibility index (Phi) is 4.24. The summed E-state index contributed by atoms with van der Waals surface area (Å²) in [6.45, 7) is 0. The number of esters is 2. The van der Waals surface area contributed by atoms with Gasteiger partial charge in [0.05, 0.1) is 14.2 Å². The molecule has 0 aromatic heterocycles. The van der Waals surface area contributed by atoms with E-state index >= 15 is 0 Å². The van der Waals surface area contributed by atoms with Crippen molar-refractivity contribution in [1.29, 1.82) is 0 Å². The normalized spacial score (nSPS) is 14.7. The molecular weight excluding hydrogens is 168 g/mol. The number of aliphatic hydroxyl groups excluding tert-OH is 2. The van der Waals surface area contributed by atoms with Gasteiger partial charge >= 0.3 is 11.9 Å². The van der Waals surface area contributed by atoms with E-state index in [4.69, 9.17) is 10.2 Å². The van der Waals surface area contributed by atoms with Gasteiger partial charge < -0.3 is 19.7 Å². The maximum Gasteiger partial charge on any atom is 0.338 e. The van der Waals surface area contributed by atoms with E-state index in [0.717, 1.165) is 14.2 Å². The van der Waals surface area contributed by atoms with Crippen molar-refractivity contribution in [2.24, 2.45) is 0 Å². The van der Waals surface area contributed by atoms with Crippen molar-refractivity contribution in [3.05, 3.63) is 0 Å². The number of carbonyl (C=O) groups is 2. The van der Waals surface area contributed by atoms with Crippen LogP contribution in [0.1, 0.15) is 0 Å². The highest BCUT2D eigenvalue weighted by Gasteiger charge is 2.31. The van der Waals surface area contributed by atoms with Gasteiger partial charge in [-0.3, -0.25) is 0 Å². The van der Waals surface area contributed by atoms with Gasteiger partial charge in [-0.2, -0.15) is 0 Å². The first-order chi connectivity index (χ1) is 5.54. The Morgan fingerprint density at radius 1 is 1.00 bits per heavy atom. The number of ether oxygens (including phenoxy) is 2. The van der Waals surface area contributed by atoms with Crippen LogP contribution in [0.3, 0.4) is 0 Å². The van der Waals surface area contributed by atoms with Crippen molar-refractivity contribution >= 4 is 11.9 Å². The lowest BCUT2D eigenvalue weighted by Gasteiger charge is -2.12. The third-order valence-electron chi connectivity index (χ3n) is 1.18. The van der Waals surface area contributed by atoms with Crippen LogP contribution in [0, 0.1) is 0 Å². The molecule has 0 aromatic rings. The van der Waals surface area contributed by atoms with E-state index in [1.165, 1.54) is 0 Å². The van der Waals surface area contributed by atoms with E-state index in [-0.39, 0.29) is 0 Å². The summed E-state index contributed by atoms with van der Waals surface area (Å²) < 4.78 is 8.14. The Hall–Kier alpha value is -1.14. The van der Waals surface area contributed by atoms with Crippen LogP contribution in [0.25, 0.3) is 0 Å². The summed E-state index contributed by atoms with van der Waals surface area (Å²) in [6.07, 6.45) is -3.80. The lowest BCUT2D eigenvalue weighted by atomic mass is 10.2. The molecule has 0 aliphatic rings. The summed E-state index contributed by atoms with van der Waals surface area (Å²) in [6, 6.07) is 0. The lowest BCUT2D eigenvalue weighted by molar-refractivity contribution is -0.169. The van der Waals surface area contributed by atoms with E-state index in [0.29, 0.717) is 0 Å². The molecule has 6 nitrogen and oxygen atoms in total. The van der Waals surface area contributed by atoms with Crippen LogP contribution < -0.4 is 0 Å². The van der Waals surface area contributed by atoms with Crippen LogP contribution >= 0.6 is 0 Å². The average molecular weight is 178 g/mol. The van der Waals surface area contributed by atoms with Gasteiger partial charge in [-0.1, -0.05) is 0 Å². The van der Waals surface area contributed by atoms with E-state index in [9.17, 15) is 9.59 Å². The molecule has 0 aliphatic carbocycles. The summed E-state index contributed by atoms with van der Waals surface area (Å²) >= 11 is 0. The Morgan fingerprint density at radius 3 is 1.42 bits per heavy atom. The maximum absolute atomic E-state index is 10.5. The molecule has 2 atom stereocenters. The van der Waals surface area contributed by atoms with Gasteiger partial charge in [-0.15, -0.1) is 0 Å². The largest absolute Gasteiger partial charge is 0.467 e. The van der Waals surface area contributed by atoms with E-state index < -0.39 is 24.1 Å². The standard InChI is InChI=1S/C6H10O6/c1-11-5(9)3(7)4(8)6(10)12-2/h3-4,7-8H,1-2H3/t3-,4-/m0/s1. The molecule has 70 valence electrons. The summed E-state index contributed by atoms with van der Waals surface area (Å²) in [7, 11) is 2.05. The van der Waals surface area contributed by atoms with Crippen LogP contribution in [-0.2, 0) is 19.1 Å². The second-order valence-electron chi connectivity index (χ2n) is 1.94. The molecule has 6 heteroatoms. The van der Waals surface area contributed by atoms with Crippen LogP contribution in [-0.4, -0.2) is 48.6 Å². The van der Waals surface area contributed by atoms with Gasteiger partial charge in [0, 0.05) is 0 Å². The van der Waals surface area contributed by atoms with Crippen LogP contribution in [0.5, 0.6) is 0 Å². The SMILES string of the molecule is COC(=O)[C@@H](O)[C@H](O)C(=O)OC. The van der Waals surface area contributed by atoms with Gasteiger partial charge in [0.25, 0.3) is 0 Å². The fraction of sp³-hybridized carbons (Fsp3) is 0.667. The molecule has 0 rings (SSSR count). The first kappa shape index (κ1) is 10.9. The van der Waals surface area contributed by atoms with Crippen molar-refractivity contribution in [2.75, 3.05) is 14.2 Å². The Morgan fingerprint density at radius 2 is 1.25 bits per heavy atom. The fourth-order valence-electron chi connectivity index (χ4n) is 0.499. The molecule has 0 radical (unpaired) electrons. The van der Waals surface area contributed by atoms with E-state index in [1.807, 2.05) is 0 Å². The average Bonchev–Trinajstić information content (AvgIpc) is 2.12. The summed E-state index contributed by atoms with van der Waals surface area (Å²) in [5.41, 5.74) is 0. The van der Waals surface area contributed by atoms with Crippen molar-refractivity contribution in [1.82, 2.24) is 0 Å². The minimum atomic E-state index is -1.90. The molecule has 0 aliphatic heterocycles. The predicted molar refractivity (Wildman–Crippen MR) is 36.0 cm³/mol. The van der Waals surface area contributed by atoms with Crippen LogP contribution in [0.2, 0.25) is 0 Å². The Bertz CT molecular complexity index is 157. The predicted octanol–water partition coefficient (Wildman–Crippen LogP) is -1.95. The quantitative estimate of drug-likeness (QED) is 0.488. The second-order valence-corrected chi connectivity index (χ2v) is 1.94. The number of hydrogen-bond acceptors (Lipinski definition) is 6. The third kappa shape index (κ3) is 2.48. The molecule has 0 aromatic carbocycles. The van der Waals surface area contributed by atoms with Crippen molar-refractivity contribution in [2.45, 2.75) is 12.2 Å². The molecule has 12 heavy (non-hydrogen) atoms. The first-order valence-electron chi connectivity index (χ1n) is 3.06. The summed E-state index contributed by atoms with van der Waals surface area (Å²) in [5, 5.41) is 17.7. The van der Waals surface area contributed by atoms with Crippen molar-refractivity contribution < 1.29 is 29.3 Å². The van der Waals surface area contributed by atoms with Gasteiger partial charge in [0.15, 0.2) is 12.2 Å². The van der Waals surface area contributed by atoms with Gasteiger partial charge in [0.2, 0.25) is 0 Å². The zero-order valence-corrected chi connectivity index (χ0v) is 6.68. The molecule has 2 N–H and O–H groups in total. The monoisotopic (exact) mass is 178 g/mol. The highest BCUT2D eigenvalue weighted by Crippen LogP contribution is 1.97. The minimum Gasteiger partial charge on any atom is -0.467 e. The fourth-order valence-corrected chi connectivity index (χ4v) is 0.499. The molecule has 0 unspecified atom stereocenters. The molecular formula is C6H10O6. The highest BCUT2D eigenvalue weighted by molar-refractivity contribution is 5.85. The molecule has 0 amide bonds. The van der Waals surface area contributed by atoms with Crippen molar-refractivity contribution in [3.63, 3.8) is 0 Å². The van der Waals surface area contributed by atoms with Gasteiger partial charge in [-0.25, -0.2) is 9.59 Å². The number of carbonyl (C=O) groups excluding carboxylic acids is 2. The smallest absolute Gasteiger partial charge is 0.338 e. The zero-order valence-electron chi connectivity index (χ0n) is 6.68. The molecule has 0 spiro atoms. The number of methoxy groups -OCH3 is 2. The van der Waals surface area contributed by atoms with Crippen molar-refractivity contribution in [3.8, 4) is 0 Å². The number of aliphatic hydroxyl groups is 2. The first-order valence-corrected chi connectivity index (χ1v) is 3.06. The molecule has 0 heterocycles.